The van der Waals surface area contributed by atoms with E-state index in [1.807, 2.05) is 0 Å². The molecular weight excluding hydrogens is 416 g/mol. The molecule has 0 amide bonds. The third-order valence-corrected chi connectivity index (χ3v) is 5.22. The van der Waals surface area contributed by atoms with Crippen LogP contribution in [-0.4, -0.2) is 44.3 Å². The molecule has 0 unspecified atom stereocenters. The Labute approximate surface area is 192 Å². The van der Waals surface area contributed by atoms with E-state index in [4.69, 9.17) is 20.4 Å². The minimum Gasteiger partial charge on any atom is -0.481 e. The molecule has 0 aromatic heterocycles. The van der Waals surface area contributed by atoms with Crippen molar-refractivity contribution in [3.8, 4) is 0 Å². The van der Waals surface area contributed by atoms with Crippen LogP contribution in [0.2, 0.25) is 0 Å². The summed E-state index contributed by atoms with van der Waals surface area (Å²) in [5.74, 6) is -5.10. The second kappa shape index (κ2) is 23.5. The van der Waals surface area contributed by atoms with Gasteiger partial charge >= 0.3 is 23.9 Å². The lowest BCUT2D eigenvalue weighted by atomic mass is 10.0. The summed E-state index contributed by atoms with van der Waals surface area (Å²) >= 11 is 0. The topological polar surface area (TPSA) is 149 Å². The highest BCUT2D eigenvalue weighted by Gasteiger charge is 2.24. The molecule has 32 heavy (non-hydrogen) atoms. The Kier molecular flexibility index (Phi) is 23.6. The smallest absolute Gasteiger partial charge is 0.317 e. The predicted octanol–water partition coefficient (Wildman–Crippen LogP) is 5.97. The summed E-state index contributed by atoms with van der Waals surface area (Å²) in [5.41, 5.74) is 0. The zero-order valence-corrected chi connectivity index (χ0v) is 19.7. The van der Waals surface area contributed by atoms with Gasteiger partial charge in [-0.25, -0.2) is 0 Å². The molecule has 0 radical (unpaired) electrons. The minimum atomic E-state index is -1.23. The van der Waals surface area contributed by atoms with E-state index in [1.54, 1.807) is 0 Å². The largest absolute Gasteiger partial charge is 0.481 e. The quantitative estimate of drug-likeness (QED) is 0.121. The molecule has 8 nitrogen and oxygen atoms in total. The van der Waals surface area contributed by atoms with Gasteiger partial charge in [-0.2, -0.15) is 0 Å². The molecule has 0 spiro atoms. The average Bonchev–Trinajstić information content (AvgIpc) is 2.71. The third-order valence-electron chi connectivity index (χ3n) is 5.22. The van der Waals surface area contributed by atoms with Gasteiger partial charge in [-0.1, -0.05) is 90.4 Å². The predicted molar refractivity (Wildman–Crippen MR) is 123 cm³/mol. The third kappa shape index (κ3) is 25.9. The minimum absolute atomic E-state index is 0.248. The highest BCUT2D eigenvalue weighted by Crippen LogP contribution is 2.13. The van der Waals surface area contributed by atoms with Gasteiger partial charge in [0.25, 0.3) is 0 Å². The van der Waals surface area contributed by atoms with Crippen LogP contribution in [0.3, 0.4) is 0 Å². The summed E-state index contributed by atoms with van der Waals surface area (Å²) < 4.78 is 0. The van der Waals surface area contributed by atoms with E-state index in [1.165, 1.54) is 25.7 Å². The molecule has 188 valence electrons. The molecule has 8 heteroatoms. The van der Waals surface area contributed by atoms with Gasteiger partial charge < -0.3 is 20.4 Å². The number of hydrogen-bond acceptors (Lipinski definition) is 4. The molecule has 0 rings (SSSR count). The number of unbranched alkanes of at least 4 members (excludes halogenated alkanes) is 13. The Bertz CT molecular complexity index is 468. The average molecular weight is 461 g/mol. The number of carboxylic acid groups (broad SMARTS) is 4. The SMILES string of the molecule is CCCCCCCCCC(C(=O)O)C(=O)O.O=C(O)CCCCCCCCCCC(=O)O. The lowest BCUT2D eigenvalue weighted by Crippen LogP contribution is -2.23. The van der Waals surface area contributed by atoms with Crippen LogP contribution in [0.5, 0.6) is 0 Å². The number of carbonyl (C=O) groups is 4. The first kappa shape index (κ1) is 32.1. The molecule has 4 N–H and O–H groups in total. The Morgan fingerprint density at radius 3 is 1.12 bits per heavy atom. The van der Waals surface area contributed by atoms with Crippen molar-refractivity contribution in [2.75, 3.05) is 0 Å². The first-order chi connectivity index (χ1) is 15.2. The molecule has 0 heterocycles. The molecule has 0 aliphatic carbocycles. The fourth-order valence-electron chi connectivity index (χ4n) is 3.27. The maximum Gasteiger partial charge on any atom is 0.317 e. The second-order valence-corrected chi connectivity index (χ2v) is 8.25. The van der Waals surface area contributed by atoms with Crippen LogP contribution in [0.1, 0.15) is 122 Å². The van der Waals surface area contributed by atoms with Gasteiger partial charge in [0, 0.05) is 12.8 Å². The van der Waals surface area contributed by atoms with Crippen LogP contribution in [-0.2, 0) is 19.2 Å². The second-order valence-electron chi connectivity index (χ2n) is 8.25. The van der Waals surface area contributed by atoms with Crippen molar-refractivity contribution in [1.29, 1.82) is 0 Å². The van der Waals surface area contributed by atoms with E-state index < -0.39 is 29.8 Å². The van der Waals surface area contributed by atoms with Crippen molar-refractivity contribution in [3.63, 3.8) is 0 Å². The van der Waals surface area contributed by atoms with E-state index in [-0.39, 0.29) is 19.3 Å². The van der Waals surface area contributed by atoms with Crippen LogP contribution >= 0.6 is 0 Å². The summed E-state index contributed by atoms with van der Waals surface area (Å²) in [7, 11) is 0. The highest BCUT2D eigenvalue weighted by molar-refractivity contribution is 5.92. The van der Waals surface area contributed by atoms with Gasteiger partial charge in [0.1, 0.15) is 0 Å². The van der Waals surface area contributed by atoms with Gasteiger partial charge in [0.15, 0.2) is 5.92 Å². The van der Waals surface area contributed by atoms with Gasteiger partial charge in [0.2, 0.25) is 0 Å². The molecular formula is C24H44O8. The van der Waals surface area contributed by atoms with Crippen LogP contribution in [0.4, 0.5) is 0 Å². The summed E-state index contributed by atoms with van der Waals surface area (Å²) in [6.07, 6.45) is 16.3. The van der Waals surface area contributed by atoms with E-state index >= 15 is 0 Å². The molecule has 0 aromatic carbocycles. The maximum atomic E-state index is 10.6. The monoisotopic (exact) mass is 460 g/mol. The summed E-state index contributed by atoms with van der Waals surface area (Å²) in [6, 6.07) is 0. The van der Waals surface area contributed by atoms with Crippen molar-refractivity contribution in [2.24, 2.45) is 5.92 Å². The van der Waals surface area contributed by atoms with E-state index in [2.05, 4.69) is 6.92 Å². The number of hydrogen-bond donors (Lipinski definition) is 4. The Morgan fingerprint density at radius 1 is 0.500 bits per heavy atom. The fourth-order valence-corrected chi connectivity index (χ4v) is 3.27. The Morgan fingerprint density at radius 2 is 0.812 bits per heavy atom. The van der Waals surface area contributed by atoms with E-state index in [9.17, 15) is 19.2 Å². The Hall–Kier alpha value is -2.12. The molecule has 0 saturated heterocycles. The molecule has 0 aliphatic rings. The number of carboxylic acids is 4. The zero-order valence-electron chi connectivity index (χ0n) is 19.7. The fraction of sp³-hybridized carbons (Fsp3) is 0.833. The zero-order chi connectivity index (χ0) is 24.6. The van der Waals surface area contributed by atoms with Crippen molar-refractivity contribution < 1.29 is 39.6 Å². The van der Waals surface area contributed by atoms with Gasteiger partial charge in [-0.3, -0.25) is 19.2 Å². The van der Waals surface area contributed by atoms with E-state index in [0.29, 0.717) is 6.42 Å². The molecule has 0 fully saturated rings. The molecule has 0 bridgehead atoms. The molecule has 0 aliphatic heterocycles. The van der Waals surface area contributed by atoms with Crippen molar-refractivity contribution in [2.45, 2.75) is 122 Å². The lowest BCUT2D eigenvalue weighted by Gasteiger charge is -2.06. The van der Waals surface area contributed by atoms with Crippen molar-refractivity contribution >= 4 is 23.9 Å². The Balaban J connectivity index is 0. The van der Waals surface area contributed by atoms with Crippen LogP contribution in [0, 0.1) is 5.92 Å². The highest BCUT2D eigenvalue weighted by atomic mass is 16.4. The van der Waals surface area contributed by atoms with E-state index in [0.717, 1.165) is 64.2 Å². The van der Waals surface area contributed by atoms with Gasteiger partial charge in [-0.05, 0) is 19.3 Å². The van der Waals surface area contributed by atoms with Crippen molar-refractivity contribution in [1.82, 2.24) is 0 Å². The summed E-state index contributed by atoms with van der Waals surface area (Å²) in [4.78, 5) is 41.6. The standard InChI is InChI=1S/2C12H22O4/c1-2-3-4-5-6-7-8-9-10(11(13)14)12(15)16;13-11(14)9-7-5-3-1-2-4-6-8-10-12(15)16/h10H,2-9H2,1H3,(H,13,14)(H,15,16);1-10H2,(H,13,14)(H,15,16). The summed E-state index contributed by atoms with van der Waals surface area (Å²) in [6.45, 7) is 2.16. The molecule has 0 aromatic rings. The number of aliphatic carboxylic acids is 4. The first-order valence-corrected chi connectivity index (χ1v) is 12.1. The van der Waals surface area contributed by atoms with Gasteiger partial charge in [-0.15, -0.1) is 0 Å². The van der Waals surface area contributed by atoms with Crippen LogP contribution in [0.25, 0.3) is 0 Å². The van der Waals surface area contributed by atoms with Gasteiger partial charge in [0.05, 0.1) is 0 Å². The van der Waals surface area contributed by atoms with Crippen LogP contribution < -0.4 is 0 Å². The first-order valence-electron chi connectivity index (χ1n) is 12.1. The molecule has 0 atom stereocenters. The normalized spacial score (nSPS) is 10.4. The molecule has 0 saturated carbocycles. The van der Waals surface area contributed by atoms with Crippen molar-refractivity contribution in [3.05, 3.63) is 0 Å². The maximum absolute atomic E-state index is 10.6. The summed E-state index contributed by atoms with van der Waals surface area (Å²) in [5, 5.41) is 34.1. The lowest BCUT2D eigenvalue weighted by molar-refractivity contribution is -0.155. The van der Waals surface area contributed by atoms with Crippen LogP contribution in [0.15, 0.2) is 0 Å². The number of rotatable bonds is 21.